The van der Waals surface area contributed by atoms with Crippen LogP contribution in [-0.2, 0) is 4.74 Å². The minimum atomic E-state index is 0.178. The number of hydrogen-bond acceptors (Lipinski definition) is 3. The first kappa shape index (κ1) is 15.3. The zero-order valence-electron chi connectivity index (χ0n) is 13.4. The van der Waals surface area contributed by atoms with Crippen molar-refractivity contribution in [2.45, 2.75) is 59.0 Å². The first-order valence-corrected chi connectivity index (χ1v) is 7.83. The van der Waals surface area contributed by atoms with Crippen molar-refractivity contribution >= 4 is 0 Å². The van der Waals surface area contributed by atoms with Gasteiger partial charge in [0.15, 0.2) is 0 Å². The molecule has 2 N–H and O–H groups in total. The van der Waals surface area contributed by atoms with Crippen LogP contribution in [-0.4, -0.2) is 42.8 Å². The van der Waals surface area contributed by atoms with Crippen LogP contribution in [0.1, 0.15) is 47.5 Å². The number of rotatable bonds is 2. The SMILES string of the molecule is CC1C(N)CCC(CN2CCOCC2(C)C)C1(C)C. The Morgan fingerprint density at radius 1 is 1.21 bits per heavy atom. The number of nitrogens with two attached hydrogens (primary N) is 1. The summed E-state index contributed by atoms with van der Waals surface area (Å²) in [6.07, 6.45) is 2.45. The summed E-state index contributed by atoms with van der Waals surface area (Å²) in [5.41, 5.74) is 6.79. The predicted octanol–water partition coefficient (Wildman–Crippen LogP) is 2.50. The fraction of sp³-hybridized carbons (Fsp3) is 1.00. The van der Waals surface area contributed by atoms with Crippen molar-refractivity contribution in [2.75, 3.05) is 26.3 Å². The third-order valence-electron chi connectivity index (χ3n) is 5.97. The van der Waals surface area contributed by atoms with Crippen molar-refractivity contribution in [3.63, 3.8) is 0 Å². The molecule has 3 atom stereocenters. The highest BCUT2D eigenvalue weighted by molar-refractivity contribution is 4.96. The van der Waals surface area contributed by atoms with Crippen LogP contribution in [0, 0.1) is 17.3 Å². The molecule has 2 rings (SSSR count). The Kier molecular flexibility index (Phi) is 4.29. The second-order valence-electron chi connectivity index (χ2n) is 7.86. The maximum absolute atomic E-state index is 6.27. The molecule has 3 nitrogen and oxygen atoms in total. The van der Waals surface area contributed by atoms with Crippen molar-refractivity contribution < 1.29 is 4.74 Å². The summed E-state index contributed by atoms with van der Waals surface area (Å²) >= 11 is 0. The maximum atomic E-state index is 6.27. The van der Waals surface area contributed by atoms with Gasteiger partial charge in [-0.2, -0.15) is 0 Å². The van der Waals surface area contributed by atoms with Crippen molar-refractivity contribution in [3.05, 3.63) is 0 Å². The third-order valence-corrected chi connectivity index (χ3v) is 5.97. The van der Waals surface area contributed by atoms with E-state index in [0.717, 1.165) is 25.7 Å². The largest absolute Gasteiger partial charge is 0.378 e. The fourth-order valence-corrected chi connectivity index (χ4v) is 3.76. The molecule has 0 aromatic carbocycles. The monoisotopic (exact) mass is 268 g/mol. The molecule has 2 aliphatic rings. The minimum absolute atomic E-state index is 0.178. The highest BCUT2D eigenvalue weighted by Crippen LogP contribution is 2.45. The normalized spacial score (nSPS) is 39.2. The highest BCUT2D eigenvalue weighted by atomic mass is 16.5. The fourth-order valence-electron chi connectivity index (χ4n) is 3.76. The first-order valence-electron chi connectivity index (χ1n) is 7.83. The molecule has 19 heavy (non-hydrogen) atoms. The Morgan fingerprint density at radius 2 is 1.89 bits per heavy atom. The lowest BCUT2D eigenvalue weighted by atomic mass is 9.61. The topological polar surface area (TPSA) is 38.5 Å². The molecular formula is C16H32N2O. The zero-order chi connectivity index (χ0) is 14.3. The smallest absolute Gasteiger partial charge is 0.0645 e. The summed E-state index contributed by atoms with van der Waals surface area (Å²) in [4.78, 5) is 2.63. The van der Waals surface area contributed by atoms with Crippen LogP contribution >= 0.6 is 0 Å². The molecule has 112 valence electrons. The minimum Gasteiger partial charge on any atom is -0.378 e. The molecule has 3 unspecified atom stereocenters. The second kappa shape index (κ2) is 5.34. The maximum Gasteiger partial charge on any atom is 0.0645 e. The molecule has 0 bridgehead atoms. The Bertz CT molecular complexity index is 314. The van der Waals surface area contributed by atoms with E-state index in [2.05, 4.69) is 39.5 Å². The van der Waals surface area contributed by atoms with Crippen LogP contribution in [0.5, 0.6) is 0 Å². The lowest BCUT2D eigenvalue weighted by Crippen LogP contribution is -2.57. The van der Waals surface area contributed by atoms with Crippen LogP contribution < -0.4 is 5.73 Å². The van der Waals surface area contributed by atoms with Crippen LogP contribution in [0.25, 0.3) is 0 Å². The quantitative estimate of drug-likeness (QED) is 0.836. The molecule has 0 amide bonds. The lowest BCUT2D eigenvalue weighted by molar-refractivity contribution is -0.0756. The third kappa shape index (κ3) is 2.98. The lowest BCUT2D eigenvalue weighted by Gasteiger charge is -2.51. The van der Waals surface area contributed by atoms with Gasteiger partial charge in [-0.05, 0) is 43.9 Å². The Labute approximate surface area is 118 Å². The van der Waals surface area contributed by atoms with E-state index < -0.39 is 0 Å². The summed E-state index contributed by atoms with van der Waals surface area (Å²) in [7, 11) is 0. The molecule has 0 radical (unpaired) electrons. The van der Waals surface area contributed by atoms with E-state index in [9.17, 15) is 0 Å². The average Bonchev–Trinajstić information content (AvgIpc) is 2.32. The van der Waals surface area contributed by atoms with Gasteiger partial charge in [0.25, 0.3) is 0 Å². The van der Waals surface area contributed by atoms with Crippen LogP contribution in [0.2, 0.25) is 0 Å². The summed E-state index contributed by atoms with van der Waals surface area (Å²) in [6, 6.07) is 0.379. The van der Waals surface area contributed by atoms with E-state index in [-0.39, 0.29) is 5.54 Å². The predicted molar refractivity (Wildman–Crippen MR) is 80.1 cm³/mol. The molecule has 0 spiro atoms. The molecule has 2 fully saturated rings. The highest BCUT2D eigenvalue weighted by Gasteiger charge is 2.43. The number of nitrogens with zero attached hydrogens (tertiary/aromatic N) is 1. The molecule has 0 aromatic heterocycles. The van der Waals surface area contributed by atoms with Crippen molar-refractivity contribution in [1.82, 2.24) is 4.90 Å². The molecule has 1 heterocycles. The number of morpholine rings is 1. The van der Waals surface area contributed by atoms with Gasteiger partial charge in [0.2, 0.25) is 0 Å². The van der Waals surface area contributed by atoms with Gasteiger partial charge < -0.3 is 10.5 Å². The molecule has 1 saturated heterocycles. The first-order chi connectivity index (χ1) is 8.75. The molecule has 1 aliphatic heterocycles. The van der Waals surface area contributed by atoms with Gasteiger partial charge in [0, 0.05) is 24.7 Å². The van der Waals surface area contributed by atoms with E-state index >= 15 is 0 Å². The van der Waals surface area contributed by atoms with Gasteiger partial charge in [0.05, 0.1) is 13.2 Å². The molecular weight excluding hydrogens is 236 g/mol. The van der Waals surface area contributed by atoms with E-state index in [1.54, 1.807) is 0 Å². The summed E-state index contributed by atoms with van der Waals surface area (Å²) in [6.45, 7) is 15.8. The van der Waals surface area contributed by atoms with E-state index in [0.29, 0.717) is 17.4 Å². The number of ether oxygens (including phenoxy) is 1. The van der Waals surface area contributed by atoms with E-state index in [1.807, 2.05) is 0 Å². The van der Waals surface area contributed by atoms with Crippen molar-refractivity contribution in [1.29, 1.82) is 0 Å². The Hall–Kier alpha value is -0.120. The zero-order valence-corrected chi connectivity index (χ0v) is 13.4. The van der Waals surface area contributed by atoms with Gasteiger partial charge in [-0.1, -0.05) is 20.8 Å². The van der Waals surface area contributed by atoms with Gasteiger partial charge in [-0.25, -0.2) is 0 Å². The Balaban J connectivity index is 2.05. The number of hydrogen-bond donors (Lipinski definition) is 1. The van der Waals surface area contributed by atoms with Crippen LogP contribution in [0.15, 0.2) is 0 Å². The van der Waals surface area contributed by atoms with Gasteiger partial charge in [-0.15, -0.1) is 0 Å². The standard InChI is InChI=1S/C16H32N2O/c1-12-14(17)7-6-13(16(12,4)5)10-18-8-9-19-11-15(18,2)3/h12-14H,6-11,17H2,1-5H3. The van der Waals surface area contributed by atoms with E-state index in [1.165, 1.54) is 19.4 Å². The van der Waals surface area contributed by atoms with Crippen LogP contribution in [0.3, 0.4) is 0 Å². The second-order valence-corrected chi connectivity index (χ2v) is 7.86. The molecule has 0 aromatic rings. The van der Waals surface area contributed by atoms with Gasteiger partial charge in [0.1, 0.15) is 0 Å². The average molecular weight is 268 g/mol. The molecule has 3 heteroatoms. The van der Waals surface area contributed by atoms with Gasteiger partial charge >= 0.3 is 0 Å². The summed E-state index contributed by atoms with van der Waals surface area (Å²) in [5, 5.41) is 0. The van der Waals surface area contributed by atoms with Gasteiger partial charge in [-0.3, -0.25) is 4.90 Å². The van der Waals surface area contributed by atoms with Crippen LogP contribution in [0.4, 0.5) is 0 Å². The summed E-state index contributed by atoms with van der Waals surface area (Å²) < 4.78 is 5.63. The Morgan fingerprint density at radius 3 is 2.53 bits per heavy atom. The van der Waals surface area contributed by atoms with Crippen molar-refractivity contribution in [2.24, 2.45) is 23.0 Å². The van der Waals surface area contributed by atoms with Crippen molar-refractivity contribution in [3.8, 4) is 0 Å². The van der Waals surface area contributed by atoms with E-state index in [4.69, 9.17) is 10.5 Å². The molecule has 1 aliphatic carbocycles. The summed E-state index contributed by atoms with van der Waals surface area (Å²) in [5.74, 6) is 1.36. The molecule has 1 saturated carbocycles.